The Morgan fingerprint density at radius 2 is 1.52 bits per heavy atom. The predicted molar refractivity (Wildman–Crippen MR) is 163 cm³/mol. The highest BCUT2D eigenvalue weighted by Gasteiger charge is 2.29. The maximum absolute atomic E-state index is 14.1. The zero-order chi connectivity index (χ0) is 28.2. The Bertz CT molecular complexity index is 1710. The fourth-order valence-corrected chi connectivity index (χ4v) is 5.45. The molecule has 0 fully saturated rings. The lowest BCUT2D eigenvalue weighted by molar-refractivity contribution is 0.0659. The number of rotatable bonds is 8. The van der Waals surface area contributed by atoms with Gasteiger partial charge in [-0.2, -0.15) is 0 Å². The molecule has 5 nitrogen and oxygen atoms in total. The van der Waals surface area contributed by atoms with Crippen molar-refractivity contribution in [3.8, 4) is 16.8 Å². The van der Waals surface area contributed by atoms with E-state index < -0.39 is 0 Å². The van der Waals surface area contributed by atoms with Crippen molar-refractivity contribution in [3.63, 3.8) is 0 Å². The van der Waals surface area contributed by atoms with Gasteiger partial charge in [0.2, 0.25) is 0 Å². The van der Waals surface area contributed by atoms with Gasteiger partial charge in [0, 0.05) is 12.1 Å². The molecule has 0 aliphatic rings. The maximum atomic E-state index is 14.1. The number of fused-ring (bicyclic) bond motifs is 1. The number of hydrogen-bond donors (Lipinski definition) is 0. The number of aromatic nitrogens is 2. The van der Waals surface area contributed by atoms with E-state index in [1.54, 1.807) is 4.57 Å². The van der Waals surface area contributed by atoms with Crippen molar-refractivity contribution in [2.75, 3.05) is 6.54 Å². The summed E-state index contributed by atoms with van der Waals surface area (Å²) < 4.78 is 1.72. The van der Waals surface area contributed by atoms with E-state index in [0.717, 1.165) is 34.4 Å². The molecule has 4 aromatic carbocycles. The van der Waals surface area contributed by atoms with Crippen molar-refractivity contribution < 1.29 is 4.79 Å². The van der Waals surface area contributed by atoms with E-state index in [4.69, 9.17) is 4.98 Å². The lowest BCUT2D eigenvalue weighted by Crippen LogP contribution is -2.39. The van der Waals surface area contributed by atoms with E-state index in [0.29, 0.717) is 35.3 Å². The Labute approximate surface area is 235 Å². The van der Waals surface area contributed by atoms with Crippen LogP contribution in [0.5, 0.6) is 0 Å². The zero-order valence-corrected chi connectivity index (χ0v) is 23.6. The second-order valence-corrected chi connectivity index (χ2v) is 10.3. The highest BCUT2D eigenvalue weighted by molar-refractivity contribution is 5.95. The number of aryl methyl sites for hydroxylation is 2. The van der Waals surface area contributed by atoms with Gasteiger partial charge in [-0.25, -0.2) is 4.98 Å². The summed E-state index contributed by atoms with van der Waals surface area (Å²) in [4.78, 5) is 35.0. The highest BCUT2D eigenvalue weighted by atomic mass is 16.2. The van der Waals surface area contributed by atoms with Crippen LogP contribution in [0.15, 0.2) is 102 Å². The molecule has 1 atom stereocenters. The van der Waals surface area contributed by atoms with Gasteiger partial charge >= 0.3 is 0 Å². The third-order valence-corrected chi connectivity index (χ3v) is 7.42. The van der Waals surface area contributed by atoms with Crippen LogP contribution < -0.4 is 5.56 Å². The molecule has 5 aromatic rings. The summed E-state index contributed by atoms with van der Waals surface area (Å²) in [6, 6.07) is 31.0. The zero-order valence-electron chi connectivity index (χ0n) is 23.6. The van der Waals surface area contributed by atoms with Crippen molar-refractivity contribution in [1.82, 2.24) is 14.5 Å². The molecule has 202 valence electrons. The molecule has 5 rings (SSSR count). The molecule has 0 aliphatic heterocycles. The van der Waals surface area contributed by atoms with Gasteiger partial charge in [-0.05, 0) is 73.7 Å². The van der Waals surface area contributed by atoms with Gasteiger partial charge in [0.25, 0.3) is 11.5 Å². The molecule has 1 heterocycles. The summed E-state index contributed by atoms with van der Waals surface area (Å²) in [6.07, 6.45) is 1.40. The molecule has 1 amide bonds. The first-order valence-corrected chi connectivity index (χ1v) is 14.0. The summed E-state index contributed by atoms with van der Waals surface area (Å²) in [7, 11) is 0. The molecule has 0 saturated carbocycles. The first-order valence-electron chi connectivity index (χ1n) is 14.0. The van der Waals surface area contributed by atoms with Crippen molar-refractivity contribution in [1.29, 1.82) is 0 Å². The van der Waals surface area contributed by atoms with Crippen LogP contribution in [-0.4, -0.2) is 26.9 Å². The van der Waals surface area contributed by atoms with Gasteiger partial charge in [-0.1, -0.05) is 86.1 Å². The largest absolute Gasteiger partial charge is 0.328 e. The molecular weight excluding hydrogens is 494 g/mol. The molecule has 1 aromatic heterocycles. The summed E-state index contributed by atoms with van der Waals surface area (Å²) in [5.41, 5.74) is 6.20. The number of carbonyl (C=O) groups excluding carboxylic acids is 1. The Balaban J connectivity index is 1.63. The van der Waals surface area contributed by atoms with Gasteiger partial charge in [0.15, 0.2) is 0 Å². The van der Waals surface area contributed by atoms with E-state index in [1.165, 1.54) is 0 Å². The summed E-state index contributed by atoms with van der Waals surface area (Å²) >= 11 is 0. The third-order valence-electron chi connectivity index (χ3n) is 7.42. The topological polar surface area (TPSA) is 55.2 Å². The summed E-state index contributed by atoms with van der Waals surface area (Å²) in [5, 5.41) is 0.561. The Morgan fingerprint density at radius 3 is 2.20 bits per heavy atom. The van der Waals surface area contributed by atoms with Crippen molar-refractivity contribution >= 4 is 16.8 Å². The molecule has 40 heavy (non-hydrogen) atoms. The van der Waals surface area contributed by atoms with E-state index in [-0.39, 0.29) is 17.5 Å². The normalized spacial score (nSPS) is 11.9. The number of amides is 1. The van der Waals surface area contributed by atoms with Crippen molar-refractivity contribution in [2.24, 2.45) is 0 Å². The second kappa shape index (κ2) is 11.7. The fourth-order valence-electron chi connectivity index (χ4n) is 5.45. The van der Waals surface area contributed by atoms with Crippen LogP contribution >= 0.6 is 0 Å². The van der Waals surface area contributed by atoms with E-state index in [1.807, 2.05) is 105 Å². The van der Waals surface area contributed by atoms with Crippen LogP contribution in [0.2, 0.25) is 0 Å². The minimum absolute atomic E-state index is 0.0668. The molecule has 5 heteroatoms. The monoisotopic (exact) mass is 529 g/mol. The van der Waals surface area contributed by atoms with Gasteiger partial charge in [-0.15, -0.1) is 0 Å². The van der Waals surface area contributed by atoms with Crippen LogP contribution in [0, 0.1) is 13.8 Å². The molecule has 0 bridgehead atoms. The first-order chi connectivity index (χ1) is 19.4. The quantitative estimate of drug-likeness (QED) is 0.207. The number of nitrogens with zero attached hydrogens (tertiary/aromatic N) is 3. The number of para-hydroxylation sites is 1. The summed E-state index contributed by atoms with van der Waals surface area (Å²) in [6.45, 7) is 8.72. The maximum Gasteiger partial charge on any atom is 0.266 e. The lowest BCUT2D eigenvalue weighted by Gasteiger charge is -2.32. The fraction of sp³-hybridized carbons (Fsp3) is 0.229. The predicted octanol–water partition coefficient (Wildman–Crippen LogP) is 7.67. The molecule has 0 spiro atoms. The number of benzene rings is 4. The van der Waals surface area contributed by atoms with Gasteiger partial charge in [-0.3, -0.25) is 14.2 Å². The molecule has 0 aliphatic carbocycles. The van der Waals surface area contributed by atoms with Gasteiger partial charge in [0.05, 0.1) is 22.6 Å². The SMILES string of the molecule is CCCN(C(=O)c1ccc(-c2ccccc2)cc1)C(CC)c1nc2ccccc2c(=O)n1-c1ccc(C)cc1C. The van der Waals surface area contributed by atoms with E-state index >= 15 is 0 Å². The molecule has 0 N–H and O–H groups in total. The van der Waals surface area contributed by atoms with Crippen LogP contribution in [0.25, 0.3) is 27.7 Å². The number of carbonyl (C=O) groups is 1. The minimum Gasteiger partial charge on any atom is -0.328 e. The summed E-state index contributed by atoms with van der Waals surface area (Å²) in [5.74, 6) is 0.517. The Hall–Kier alpha value is -4.51. The van der Waals surface area contributed by atoms with E-state index in [9.17, 15) is 9.59 Å². The number of hydrogen-bond acceptors (Lipinski definition) is 3. The average molecular weight is 530 g/mol. The van der Waals surface area contributed by atoms with Crippen LogP contribution in [-0.2, 0) is 0 Å². The van der Waals surface area contributed by atoms with E-state index in [2.05, 4.69) is 25.1 Å². The minimum atomic E-state index is -0.390. The average Bonchev–Trinajstić information content (AvgIpc) is 2.98. The van der Waals surface area contributed by atoms with Crippen LogP contribution in [0.1, 0.15) is 60.0 Å². The Morgan fingerprint density at radius 1 is 0.850 bits per heavy atom. The second-order valence-electron chi connectivity index (χ2n) is 10.3. The lowest BCUT2D eigenvalue weighted by atomic mass is 10.0. The molecule has 0 radical (unpaired) electrons. The van der Waals surface area contributed by atoms with Crippen molar-refractivity contribution in [2.45, 2.75) is 46.6 Å². The third kappa shape index (κ3) is 5.20. The van der Waals surface area contributed by atoms with Gasteiger partial charge in [0.1, 0.15) is 5.82 Å². The van der Waals surface area contributed by atoms with Crippen LogP contribution in [0.4, 0.5) is 0 Å². The molecule has 0 saturated heterocycles. The van der Waals surface area contributed by atoms with Crippen molar-refractivity contribution in [3.05, 3.63) is 130 Å². The van der Waals surface area contributed by atoms with Gasteiger partial charge < -0.3 is 4.90 Å². The Kier molecular flexibility index (Phi) is 7.92. The first kappa shape index (κ1) is 27.1. The molecular formula is C35H35N3O2. The van der Waals surface area contributed by atoms with Crippen LogP contribution in [0.3, 0.4) is 0 Å². The molecule has 1 unspecified atom stereocenters. The smallest absolute Gasteiger partial charge is 0.266 e. The standard InChI is InChI=1S/C35H35N3O2/c1-5-22-37(34(39)28-19-17-27(18-20-28)26-12-8-7-9-13-26)31(6-2)33-36-30-15-11-10-14-29(30)35(40)38(33)32-21-16-24(3)23-25(32)4/h7-21,23,31H,5-6,22H2,1-4H3. The highest BCUT2D eigenvalue weighted by Crippen LogP contribution is 2.29.